The molecule has 122 valence electrons. The van der Waals surface area contributed by atoms with Crippen LogP contribution in [-0.4, -0.2) is 18.2 Å². The van der Waals surface area contributed by atoms with E-state index in [1.807, 2.05) is 18.2 Å². The summed E-state index contributed by atoms with van der Waals surface area (Å²) >= 11 is 12.4. The zero-order chi connectivity index (χ0) is 16.2. The van der Waals surface area contributed by atoms with Gasteiger partial charge in [0, 0.05) is 18.8 Å². The summed E-state index contributed by atoms with van der Waals surface area (Å²) < 4.78 is 11.6. The molecule has 1 aliphatic rings. The van der Waals surface area contributed by atoms with E-state index in [0.717, 1.165) is 35.5 Å². The van der Waals surface area contributed by atoms with Gasteiger partial charge in [-0.2, -0.15) is 0 Å². The van der Waals surface area contributed by atoms with Crippen molar-refractivity contribution >= 4 is 23.2 Å². The Morgan fingerprint density at radius 1 is 1.09 bits per heavy atom. The average molecular weight is 352 g/mol. The molecule has 1 fully saturated rings. The Morgan fingerprint density at radius 3 is 2.43 bits per heavy atom. The van der Waals surface area contributed by atoms with Crippen LogP contribution in [0.3, 0.4) is 0 Å². The number of methoxy groups -OCH3 is 1. The Hall–Kier alpha value is -1.45. The number of hydrogen-bond donors (Lipinski definition) is 0. The predicted octanol–water partition coefficient (Wildman–Crippen LogP) is 5.31. The molecule has 2 aromatic rings. The van der Waals surface area contributed by atoms with Gasteiger partial charge in [-0.15, -0.1) is 0 Å². The third-order valence-corrected chi connectivity index (χ3v) is 4.81. The molecule has 1 aromatic heterocycles. The first-order valence-corrected chi connectivity index (χ1v) is 8.54. The molecule has 0 atom stereocenters. The molecule has 23 heavy (non-hydrogen) atoms. The van der Waals surface area contributed by atoms with Gasteiger partial charge in [0.1, 0.15) is 0 Å². The van der Waals surface area contributed by atoms with E-state index in [9.17, 15) is 0 Å². The van der Waals surface area contributed by atoms with E-state index in [2.05, 4.69) is 4.98 Å². The molecule has 0 aliphatic heterocycles. The molecule has 3 nitrogen and oxygen atoms in total. The molecule has 0 bridgehead atoms. The molecule has 1 saturated carbocycles. The van der Waals surface area contributed by atoms with Gasteiger partial charge in [0.25, 0.3) is 0 Å². The van der Waals surface area contributed by atoms with Crippen molar-refractivity contribution in [3.63, 3.8) is 0 Å². The SMILES string of the molecule is COc1ccc(Cc2c(Cl)cncc2Cl)cc1OC1CCCC1. The van der Waals surface area contributed by atoms with Crippen LogP contribution in [0, 0.1) is 0 Å². The van der Waals surface area contributed by atoms with E-state index in [4.69, 9.17) is 32.7 Å². The van der Waals surface area contributed by atoms with E-state index < -0.39 is 0 Å². The topological polar surface area (TPSA) is 31.4 Å². The van der Waals surface area contributed by atoms with Crippen LogP contribution in [0.4, 0.5) is 0 Å². The highest BCUT2D eigenvalue weighted by Gasteiger charge is 2.19. The maximum atomic E-state index is 6.21. The average Bonchev–Trinajstić information content (AvgIpc) is 3.04. The van der Waals surface area contributed by atoms with Gasteiger partial charge < -0.3 is 9.47 Å². The van der Waals surface area contributed by atoms with Gasteiger partial charge in [-0.3, -0.25) is 4.98 Å². The lowest BCUT2D eigenvalue weighted by atomic mass is 10.1. The number of benzene rings is 1. The van der Waals surface area contributed by atoms with E-state index in [-0.39, 0.29) is 6.10 Å². The summed E-state index contributed by atoms with van der Waals surface area (Å²) in [5.41, 5.74) is 1.95. The van der Waals surface area contributed by atoms with Gasteiger partial charge in [-0.25, -0.2) is 0 Å². The Kier molecular flexibility index (Phi) is 5.29. The molecular formula is C18H19Cl2NO2. The highest BCUT2D eigenvalue weighted by molar-refractivity contribution is 6.35. The Morgan fingerprint density at radius 2 is 1.78 bits per heavy atom. The third-order valence-electron chi connectivity index (χ3n) is 4.16. The molecule has 0 amide bonds. The van der Waals surface area contributed by atoms with Crippen molar-refractivity contribution in [1.82, 2.24) is 4.98 Å². The van der Waals surface area contributed by atoms with Crippen LogP contribution in [0.15, 0.2) is 30.6 Å². The number of rotatable bonds is 5. The smallest absolute Gasteiger partial charge is 0.161 e. The van der Waals surface area contributed by atoms with E-state index in [1.54, 1.807) is 19.5 Å². The van der Waals surface area contributed by atoms with Crippen LogP contribution in [0.5, 0.6) is 11.5 Å². The van der Waals surface area contributed by atoms with Crippen LogP contribution >= 0.6 is 23.2 Å². The first kappa shape index (κ1) is 16.4. The summed E-state index contributed by atoms with van der Waals surface area (Å²) in [5.74, 6) is 1.55. The molecule has 1 heterocycles. The minimum atomic E-state index is 0.284. The molecule has 0 unspecified atom stereocenters. The van der Waals surface area contributed by atoms with Gasteiger partial charge >= 0.3 is 0 Å². The number of nitrogens with zero attached hydrogens (tertiary/aromatic N) is 1. The van der Waals surface area contributed by atoms with Crippen molar-refractivity contribution in [2.75, 3.05) is 7.11 Å². The van der Waals surface area contributed by atoms with Gasteiger partial charge in [-0.1, -0.05) is 29.3 Å². The van der Waals surface area contributed by atoms with Gasteiger partial charge in [0.2, 0.25) is 0 Å². The van der Waals surface area contributed by atoms with Crippen molar-refractivity contribution in [1.29, 1.82) is 0 Å². The van der Waals surface area contributed by atoms with Crippen molar-refractivity contribution in [3.8, 4) is 11.5 Å². The summed E-state index contributed by atoms with van der Waals surface area (Å²) in [6, 6.07) is 5.96. The number of aromatic nitrogens is 1. The quantitative estimate of drug-likeness (QED) is 0.731. The van der Waals surface area contributed by atoms with Crippen molar-refractivity contribution in [2.24, 2.45) is 0 Å². The molecule has 0 radical (unpaired) electrons. The minimum absolute atomic E-state index is 0.284. The van der Waals surface area contributed by atoms with Crippen LogP contribution in [0.2, 0.25) is 10.0 Å². The predicted molar refractivity (Wildman–Crippen MR) is 92.9 cm³/mol. The standard InChI is InChI=1S/C18H19Cl2NO2/c1-22-17-7-6-12(8-14-15(19)10-21-11-16(14)20)9-18(17)23-13-4-2-3-5-13/h6-7,9-11,13H,2-5,8H2,1H3. The fraction of sp³-hybridized carbons (Fsp3) is 0.389. The second kappa shape index (κ2) is 7.41. The molecular weight excluding hydrogens is 333 g/mol. The summed E-state index contributed by atoms with van der Waals surface area (Å²) in [5, 5.41) is 1.15. The van der Waals surface area contributed by atoms with Crippen LogP contribution in [-0.2, 0) is 6.42 Å². The highest BCUT2D eigenvalue weighted by Crippen LogP contribution is 2.34. The number of halogens is 2. The fourth-order valence-corrected chi connectivity index (χ4v) is 3.42. The van der Waals surface area contributed by atoms with Crippen LogP contribution in [0.1, 0.15) is 36.8 Å². The van der Waals surface area contributed by atoms with Crippen molar-refractivity contribution in [2.45, 2.75) is 38.2 Å². The van der Waals surface area contributed by atoms with Gasteiger partial charge in [-0.05, 0) is 48.9 Å². The monoisotopic (exact) mass is 351 g/mol. The molecule has 1 aliphatic carbocycles. The third kappa shape index (κ3) is 3.91. The highest BCUT2D eigenvalue weighted by atomic mass is 35.5. The van der Waals surface area contributed by atoms with Crippen LogP contribution < -0.4 is 9.47 Å². The first-order valence-electron chi connectivity index (χ1n) is 7.79. The van der Waals surface area contributed by atoms with Gasteiger partial charge in [0.15, 0.2) is 11.5 Å². The first-order chi connectivity index (χ1) is 11.2. The molecule has 3 rings (SSSR count). The van der Waals surface area contributed by atoms with Gasteiger partial charge in [0.05, 0.1) is 23.3 Å². The molecule has 0 N–H and O–H groups in total. The van der Waals surface area contributed by atoms with Crippen molar-refractivity contribution < 1.29 is 9.47 Å². The summed E-state index contributed by atoms with van der Waals surface area (Å²) in [4.78, 5) is 3.99. The number of pyridine rings is 1. The Bertz CT molecular complexity index is 664. The number of hydrogen-bond acceptors (Lipinski definition) is 3. The summed E-state index contributed by atoms with van der Waals surface area (Å²) in [6.07, 6.45) is 8.82. The Balaban J connectivity index is 1.85. The zero-order valence-electron chi connectivity index (χ0n) is 13.0. The minimum Gasteiger partial charge on any atom is -0.493 e. The molecule has 1 aromatic carbocycles. The maximum absolute atomic E-state index is 6.21. The largest absolute Gasteiger partial charge is 0.493 e. The Labute approximate surface area is 146 Å². The second-order valence-corrected chi connectivity index (χ2v) is 6.58. The molecule has 5 heteroatoms. The maximum Gasteiger partial charge on any atom is 0.161 e. The molecule has 0 saturated heterocycles. The fourth-order valence-electron chi connectivity index (χ4n) is 2.92. The van der Waals surface area contributed by atoms with E-state index in [1.165, 1.54) is 12.8 Å². The second-order valence-electron chi connectivity index (χ2n) is 5.77. The lowest BCUT2D eigenvalue weighted by Gasteiger charge is -2.17. The van der Waals surface area contributed by atoms with E-state index in [0.29, 0.717) is 16.5 Å². The number of ether oxygens (including phenoxy) is 2. The molecule has 0 spiro atoms. The summed E-state index contributed by atoms with van der Waals surface area (Å²) in [6.45, 7) is 0. The normalized spacial score (nSPS) is 14.9. The summed E-state index contributed by atoms with van der Waals surface area (Å²) in [7, 11) is 1.66. The lowest BCUT2D eigenvalue weighted by Crippen LogP contribution is -2.11. The van der Waals surface area contributed by atoms with Crippen LogP contribution in [0.25, 0.3) is 0 Å². The zero-order valence-corrected chi connectivity index (χ0v) is 14.5. The van der Waals surface area contributed by atoms with Crippen molar-refractivity contribution in [3.05, 3.63) is 51.8 Å². The lowest BCUT2D eigenvalue weighted by molar-refractivity contribution is 0.200. The van der Waals surface area contributed by atoms with E-state index >= 15 is 0 Å².